The Morgan fingerprint density at radius 3 is 2.19 bits per heavy atom. The number of aliphatic carboxylic acids is 2. The van der Waals surface area contributed by atoms with E-state index in [1.165, 1.54) is 18.5 Å². The van der Waals surface area contributed by atoms with Gasteiger partial charge in [-0.05, 0) is 43.7 Å². The fourth-order valence-corrected chi connectivity index (χ4v) is 3.53. The van der Waals surface area contributed by atoms with Gasteiger partial charge < -0.3 is 20.5 Å². The molecular formula is C25H20F7N7O4. The predicted molar refractivity (Wildman–Crippen MR) is 136 cm³/mol. The number of rotatable bonds is 4. The van der Waals surface area contributed by atoms with Crippen LogP contribution in [0.2, 0.25) is 0 Å². The topological polar surface area (TPSA) is 158 Å². The number of hydrogen-bond acceptors (Lipinski definition) is 7. The predicted octanol–water partition coefficient (Wildman–Crippen LogP) is 5.55. The van der Waals surface area contributed by atoms with Gasteiger partial charge in [-0.25, -0.2) is 33.9 Å². The third kappa shape index (κ3) is 8.14. The first-order chi connectivity index (χ1) is 20.0. The van der Waals surface area contributed by atoms with Gasteiger partial charge in [0, 0.05) is 11.8 Å². The SMILES string of the molecule is Cc1ccn2c(-c3cccc(F)c3)c(C(C)Nc3ncnc4[nH]cnc34)nc2c1.O=C(O)C(F)(F)F.O=C(O)C(F)(F)F. The van der Waals surface area contributed by atoms with Crippen LogP contribution in [-0.4, -0.2) is 63.8 Å². The summed E-state index contributed by atoms with van der Waals surface area (Å²) in [5.74, 6) is -5.19. The summed E-state index contributed by atoms with van der Waals surface area (Å²) in [6.45, 7) is 4.02. The number of alkyl halides is 6. The zero-order valence-corrected chi connectivity index (χ0v) is 21.9. The van der Waals surface area contributed by atoms with Crippen molar-refractivity contribution in [3.05, 3.63) is 72.3 Å². The van der Waals surface area contributed by atoms with Crippen LogP contribution in [-0.2, 0) is 9.59 Å². The Morgan fingerprint density at radius 1 is 0.977 bits per heavy atom. The number of hydrogen-bond donors (Lipinski definition) is 4. The van der Waals surface area contributed by atoms with Gasteiger partial charge in [0.05, 0.1) is 23.8 Å². The second-order valence-corrected chi connectivity index (χ2v) is 8.58. The fourth-order valence-electron chi connectivity index (χ4n) is 3.53. The molecule has 0 aliphatic carbocycles. The number of nitrogens with one attached hydrogen (secondary N) is 2. The van der Waals surface area contributed by atoms with Crippen molar-refractivity contribution in [2.75, 3.05) is 5.32 Å². The van der Waals surface area contributed by atoms with Gasteiger partial charge in [-0.15, -0.1) is 0 Å². The number of imidazole rings is 2. The highest BCUT2D eigenvalue weighted by Crippen LogP contribution is 2.32. The number of anilines is 1. The molecule has 4 heterocycles. The molecule has 5 rings (SSSR count). The Morgan fingerprint density at radius 2 is 1.60 bits per heavy atom. The third-order valence-electron chi connectivity index (χ3n) is 5.37. The molecule has 1 aromatic carbocycles. The Labute approximate surface area is 236 Å². The van der Waals surface area contributed by atoms with Gasteiger partial charge >= 0.3 is 24.3 Å². The average molecular weight is 615 g/mol. The summed E-state index contributed by atoms with van der Waals surface area (Å²) >= 11 is 0. The number of aromatic amines is 1. The number of pyridine rings is 1. The van der Waals surface area contributed by atoms with Crippen LogP contribution in [0.3, 0.4) is 0 Å². The highest BCUT2D eigenvalue weighted by Gasteiger charge is 2.38. The summed E-state index contributed by atoms with van der Waals surface area (Å²) in [5, 5.41) is 17.6. The van der Waals surface area contributed by atoms with Gasteiger partial charge in [0.25, 0.3) is 0 Å². The van der Waals surface area contributed by atoms with Crippen molar-refractivity contribution < 1.29 is 50.5 Å². The maximum Gasteiger partial charge on any atom is 0.490 e. The molecule has 1 atom stereocenters. The molecule has 0 spiro atoms. The van der Waals surface area contributed by atoms with Crippen LogP contribution in [0.15, 0.2) is 55.2 Å². The summed E-state index contributed by atoms with van der Waals surface area (Å²) in [6, 6.07) is 10.4. The largest absolute Gasteiger partial charge is 0.490 e. The normalized spacial score (nSPS) is 12.1. The highest BCUT2D eigenvalue weighted by molar-refractivity contribution is 5.82. The second-order valence-electron chi connectivity index (χ2n) is 8.58. The van der Waals surface area contributed by atoms with E-state index in [0.29, 0.717) is 17.0 Å². The molecule has 0 fully saturated rings. The number of benzene rings is 1. The lowest BCUT2D eigenvalue weighted by Crippen LogP contribution is -2.21. The number of aromatic nitrogens is 6. The van der Waals surface area contributed by atoms with Crippen LogP contribution >= 0.6 is 0 Å². The smallest absolute Gasteiger partial charge is 0.475 e. The van der Waals surface area contributed by atoms with Crippen molar-refractivity contribution in [1.82, 2.24) is 29.3 Å². The summed E-state index contributed by atoms with van der Waals surface area (Å²) in [6.07, 6.45) is -5.14. The molecule has 43 heavy (non-hydrogen) atoms. The maximum absolute atomic E-state index is 14.0. The molecule has 1 unspecified atom stereocenters. The van der Waals surface area contributed by atoms with Crippen molar-refractivity contribution in [2.24, 2.45) is 0 Å². The summed E-state index contributed by atoms with van der Waals surface area (Å²) in [4.78, 5) is 38.4. The van der Waals surface area contributed by atoms with Crippen LogP contribution in [0.1, 0.15) is 24.2 Å². The molecule has 0 aliphatic rings. The number of aryl methyl sites for hydroxylation is 1. The van der Waals surface area contributed by atoms with E-state index in [4.69, 9.17) is 24.8 Å². The van der Waals surface area contributed by atoms with Crippen LogP contribution in [0.25, 0.3) is 28.1 Å². The van der Waals surface area contributed by atoms with Crippen molar-refractivity contribution in [1.29, 1.82) is 0 Å². The molecule has 0 saturated heterocycles. The molecule has 0 aliphatic heterocycles. The van der Waals surface area contributed by atoms with E-state index in [9.17, 15) is 30.7 Å². The zero-order valence-electron chi connectivity index (χ0n) is 21.9. The average Bonchev–Trinajstić information content (AvgIpc) is 3.53. The Hall–Kier alpha value is -5.29. The number of fused-ring (bicyclic) bond motifs is 2. The lowest BCUT2D eigenvalue weighted by Gasteiger charge is -2.15. The molecule has 11 nitrogen and oxygen atoms in total. The molecule has 228 valence electrons. The van der Waals surface area contributed by atoms with Gasteiger partial charge in [-0.3, -0.25) is 4.40 Å². The first-order valence-electron chi connectivity index (χ1n) is 11.7. The van der Waals surface area contributed by atoms with Crippen LogP contribution in [0.5, 0.6) is 0 Å². The molecular weight excluding hydrogens is 595 g/mol. The minimum absolute atomic E-state index is 0.205. The molecule has 4 aromatic heterocycles. The standard InChI is InChI=1S/C21H18FN7.2C2HF3O2/c1-12-6-7-29-16(8-12)28-17(19(29)14-4-3-5-15(22)9-14)13(2)27-21-18-20(24-10-23-18)25-11-26-21;2*3-2(4,5)1(6)7/h3-11,13H,1-2H3,(H2,23,24,25,26,27);2*(H,6,7). The van der Waals surface area contributed by atoms with E-state index in [1.807, 2.05) is 42.6 Å². The fraction of sp³-hybridized carbons (Fsp3) is 0.200. The number of nitrogens with zero attached hydrogens (tertiary/aromatic N) is 5. The number of carboxylic acids is 2. The van der Waals surface area contributed by atoms with Crippen molar-refractivity contribution in [3.63, 3.8) is 0 Å². The van der Waals surface area contributed by atoms with Gasteiger partial charge in [0.1, 0.15) is 23.3 Å². The number of carboxylic acid groups (broad SMARTS) is 2. The number of halogens is 7. The van der Waals surface area contributed by atoms with E-state index in [2.05, 4.69) is 25.3 Å². The van der Waals surface area contributed by atoms with E-state index in [0.717, 1.165) is 28.2 Å². The van der Waals surface area contributed by atoms with Crippen LogP contribution in [0, 0.1) is 12.7 Å². The molecule has 0 radical (unpaired) electrons. The van der Waals surface area contributed by atoms with Crippen molar-refractivity contribution >= 4 is 34.6 Å². The van der Waals surface area contributed by atoms with E-state index in [1.54, 1.807) is 12.4 Å². The minimum Gasteiger partial charge on any atom is -0.475 e. The summed E-state index contributed by atoms with van der Waals surface area (Å²) in [7, 11) is 0. The van der Waals surface area contributed by atoms with E-state index < -0.39 is 24.3 Å². The Balaban J connectivity index is 0.000000303. The molecule has 18 heteroatoms. The Kier molecular flexibility index (Phi) is 9.52. The summed E-state index contributed by atoms with van der Waals surface area (Å²) < 4.78 is 79.4. The molecule has 5 aromatic rings. The van der Waals surface area contributed by atoms with Crippen LogP contribution < -0.4 is 5.32 Å². The van der Waals surface area contributed by atoms with Gasteiger partial charge in [0.2, 0.25) is 0 Å². The van der Waals surface area contributed by atoms with Crippen molar-refractivity contribution in [3.8, 4) is 11.3 Å². The summed E-state index contributed by atoms with van der Waals surface area (Å²) in [5.41, 5.74) is 5.62. The number of carbonyl (C=O) groups is 2. The van der Waals surface area contributed by atoms with E-state index >= 15 is 0 Å². The Bertz CT molecular complexity index is 1730. The van der Waals surface area contributed by atoms with Crippen molar-refractivity contribution in [2.45, 2.75) is 32.2 Å². The van der Waals surface area contributed by atoms with E-state index in [-0.39, 0.29) is 11.9 Å². The molecule has 4 N–H and O–H groups in total. The third-order valence-corrected chi connectivity index (χ3v) is 5.37. The second kappa shape index (κ2) is 12.7. The zero-order chi connectivity index (χ0) is 32.1. The molecule has 0 amide bonds. The minimum atomic E-state index is -5.08. The number of H-pyrrole nitrogens is 1. The monoisotopic (exact) mass is 615 g/mol. The first-order valence-corrected chi connectivity index (χ1v) is 11.7. The van der Waals surface area contributed by atoms with Gasteiger partial charge in [-0.2, -0.15) is 26.3 Å². The quantitative estimate of drug-likeness (QED) is 0.190. The van der Waals surface area contributed by atoms with Crippen LogP contribution in [0.4, 0.5) is 36.6 Å². The molecule has 0 saturated carbocycles. The lowest BCUT2D eigenvalue weighted by molar-refractivity contribution is -0.193. The van der Waals surface area contributed by atoms with Gasteiger partial charge in [-0.1, -0.05) is 12.1 Å². The lowest BCUT2D eigenvalue weighted by atomic mass is 10.1. The highest BCUT2D eigenvalue weighted by atomic mass is 19.4. The maximum atomic E-state index is 14.0. The first kappa shape index (κ1) is 32.2. The molecule has 0 bridgehead atoms. The van der Waals surface area contributed by atoms with Gasteiger partial charge in [0.15, 0.2) is 11.5 Å².